The Balaban J connectivity index is 2.49. The van der Waals surface area contributed by atoms with Crippen LogP contribution in [0.4, 0.5) is 5.82 Å². The van der Waals surface area contributed by atoms with Gasteiger partial charge in [0, 0.05) is 13.1 Å². The van der Waals surface area contributed by atoms with Crippen molar-refractivity contribution in [2.45, 2.75) is 39.5 Å². The first-order valence-electron chi connectivity index (χ1n) is 6.35. The van der Waals surface area contributed by atoms with Crippen LogP contribution in [0.1, 0.15) is 43.5 Å². The van der Waals surface area contributed by atoms with E-state index in [1.165, 1.54) is 12.8 Å². The average Bonchev–Trinajstić information content (AvgIpc) is 2.90. The van der Waals surface area contributed by atoms with Crippen LogP contribution >= 0.6 is 0 Å². The van der Waals surface area contributed by atoms with Crippen molar-refractivity contribution in [3.8, 4) is 6.07 Å². The molecule has 0 aromatic carbocycles. The molecule has 1 fully saturated rings. The molecule has 0 aliphatic carbocycles. The van der Waals surface area contributed by atoms with Crippen LogP contribution in [0.15, 0.2) is 0 Å². The lowest BCUT2D eigenvalue weighted by Gasteiger charge is -2.19. The zero-order chi connectivity index (χ0) is 12.3. The lowest BCUT2D eigenvalue weighted by molar-refractivity contribution is 0.831. The van der Waals surface area contributed by atoms with Gasteiger partial charge in [-0.25, -0.2) is 0 Å². The van der Waals surface area contributed by atoms with E-state index in [0.29, 0.717) is 0 Å². The Bertz CT molecular complexity index is 441. The van der Waals surface area contributed by atoms with Gasteiger partial charge in [-0.2, -0.15) is 10.4 Å². The van der Waals surface area contributed by atoms with Crippen LogP contribution in [0, 0.1) is 11.3 Å². The van der Waals surface area contributed by atoms with Crippen LogP contribution < -0.4 is 4.90 Å². The fraction of sp³-hybridized carbons (Fsp3) is 0.615. The summed E-state index contributed by atoms with van der Waals surface area (Å²) in [5.74, 6) is 0.791. The number of nitrogens with zero attached hydrogens (tertiary/aromatic N) is 4. The molecule has 0 atom stereocenters. The molecule has 2 heterocycles. The third-order valence-electron chi connectivity index (χ3n) is 3.35. The van der Waals surface area contributed by atoms with E-state index in [1.807, 2.05) is 0 Å². The summed E-state index contributed by atoms with van der Waals surface area (Å²) in [6.07, 6.45) is 4.06. The van der Waals surface area contributed by atoms with Crippen molar-refractivity contribution in [3.05, 3.63) is 16.8 Å². The summed E-state index contributed by atoms with van der Waals surface area (Å²) in [5.41, 5.74) is 2.78. The molecule has 2 rings (SSSR count). The minimum absolute atomic E-state index is 0.737. The summed E-state index contributed by atoms with van der Waals surface area (Å²) >= 11 is 0. The largest absolute Gasteiger partial charge is 0.354 e. The molecular formula is C13H18N4. The van der Waals surface area contributed by atoms with Crippen molar-refractivity contribution in [2.24, 2.45) is 0 Å². The molecule has 1 aromatic heterocycles. The fourth-order valence-corrected chi connectivity index (χ4v) is 2.43. The highest BCUT2D eigenvalue weighted by molar-refractivity contribution is 5.58. The van der Waals surface area contributed by atoms with Gasteiger partial charge in [0.05, 0.1) is 5.69 Å². The molecule has 4 heteroatoms. The molecule has 17 heavy (non-hydrogen) atoms. The van der Waals surface area contributed by atoms with E-state index in [-0.39, 0.29) is 0 Å². The Kier molecular flexibility index (Phi) is 3.58. The Morgan fingerprint density at radius 1 is 1.18 bits per heavy atom. The van der Waals surface area contributed by atoms with E-state index in [9.17, 15) is 5.26 Å². The smallest absolute Gasteiger partial charge is 0.169 e. The summed E-state index contributed by atoms with van der Waals surface area (Å²) in [7, 11) is 0. The summed E-state index contributed by atoms with van der Waals surface area (Å²) in [6.45, 7) is 6.13. The van der Waals surface area contributed by atoms with Gasteiger partial charge < -0.3 is 4.90 Å². The van der Waals surface area contributed by atoms with E-state index >= 15 is 0 Å². The van der Waals surface area contributed by atoms with Crippen molar-refractivity contribution in [1.29, 1.82) is 5.26 Å². The first-order chi connectivity index (χ1) is 8.31. The van der Waals surface area contributed by atoms with Gasteiger partial charge in [0.2, 0.25) is 0 Å². The second kappa shape index (κ2) is 5.13. The molecule has 0 radical (unpaired) electrons. The number of anilines is 1. The minimum atomic E-state index is 0.737. The molecule has 4 nitrogen and oxygen atoms in total. The standard InChI is InChI=1S/C13H18N4/c1-3-10-11(9-14)13(16-15-12(10)4-2)17-7-5-6-8-17/h3-8H2,1-2H3. The van der Waals surface area contributed by atoms with Gasteiger partial charge in [-0.1, -0.05) is 13.8 Å². The fourth-order valence-electron chi connectivity index (χ4n) is 2.43. The van der Waals surface area contributed by atoms with Gasteiger partial charge in [0.25, 0.3) is 0 Å². The topological polar surface area (TPSA) is 52.8 Å². The number of hydrogen-bond acceptors (Lipinski definition) is 4. The molecule has 1 aliphatic rings. The zero-order valence-corrected chi connectivity index (χ0v) is 10.5. The molecule has 90 valence electrons. The highest BCUT2D eigenvalue weighted by atomic mass is 15.3. The summed E-state index contributed by atoms with van der Waals surface area (Å²) < 4.78 is 0. The molecule has 1 aliphatic heterocycles. The van der Waals surface area contributed by atoms with Crippen molar-refractivity contribution in [3.63, 3.8) is 0 Å². The first-order valence-corrected chi connectivity index (χ1v) is 6.35. The highest BCUT2D eigenvalue weighted by Crippen LogP contribution is 2.25. The maximum atomic E-state index is 9.37. The summed E-state index contributed by atoms with van der Waals surface area (Å²) in [6, 6.07) is 2.32. The third-order valence-corrected chi connectivity index (χ3v) is 3.35. The van der Waals surface area contributed by atoms with Crippen LogP contribution in [0.2, 0.25) is 0 Å². The third kappa shape index (κ3) is 2.10. The highest BCUT2D eigenvalue weighted by Gasteiger charge is 2.21. The SMILES string of the molecule is CCc1nnc(N2CCCC2)c(C#N)c1CC. The monoisotopic (exact) mass is 230 g/mol. The van der Waals surface area contributed by atoms with Crippen LogP contribution in [0.3, 0.4) is 0 Å². The summed E-state index contributed by atoms with van der Waals surface area (Å²) in [4.78, 5) is 2.18. The predicted octanol–water partition coefficient (Wildman–Crippen LogP) is 2.07. The normalized spacial score (nSPS) is 15.0. The van der Waals surface area contributed by atoms with E-state index in [1.54, 1.807) is 0 Å². The molecule has 0 bridgehead atoms. The van der Waals surface area contributed by atoms with Crippen LogP contribution in [-0.4, -0.2) is 23.3 Å². The van der Waals surface area contributed by atoms with Crippen molar-refractivity contribution < 1.29 is 0 Å². The van der Waals surface area contributed by atoms with Crippen molar-refractivity contribution in [1.82, 2.24) is 10.2 Å². The Morgan fingerprint density at radius 3 is 2.41 bits per heavy atom. The number of nitriles is 1. The van der Waals surface area contributed by atoms with Crippen molar-refractivity contribution >= 4 is 5.82 Å². The van der Waals surface area contributed by atoms with Gasteiger partial charge in [0.15, 0.2) is 5.82 Å². The molecule has 0 unspecified atom stereocenters. The molecule has 0 N–H and O–H groups in total. The van der Waals surface area contributed by atoms with Crippen LogP contribution in [-0.2, 0) is 12.8 Å². The molecule has 1 aromatic rings. The van der Waals surface area contributed by atoms with E-state index < -0.39 is 0 Å². The van der Waals surface area contributed by atoms with Gasteiger partial charge in [-0.3, -0.25) is 0 Å². The van der Waals surface area contributed by atoms with Gasteiger partial charge in [-0.15, -0.1) is 5.10 Å². The van der Waals surface area contributed by atoms with Crippen LogP contribution in [0.5, 0.6) is 0 Å². The van der Waals surface area contributed by atoms with Crippen LogP contribution in [0.25, 0.3) is 0 Å². The Hall–Kier alpha value is -1.63. The number of aromatic nitrogens is 2. The molecular weight excluding hydrogens is 212 g/mol. The van der Waals surface area contributed by atoms with Gasteiger partial charge >= 0.3 is 0 Å². The van der Waals surface area contributed by atoms with E-state index in [0.717, 1.165) is 48.6 Å². The quantitative estimate of drug-likeness (QED) is 0.797. The number of hydrogen-bond donors (Lipinski definition) is 0. The number of aryl methyl sites for hydroxylation is 1. The Morgan fingerprint density at radius 2 is 1.88 bits per heavy atom. The lowest BCUT2D eigenvalue weighted by atomic mass is 10.0. The maximum Gasteiger partial charge on any atom is 0.169 e. The van der Waals surface area contributed by atoms with E-state index in [4.69, 9.17) is 0 Å². The summed E-state index contributed by atoms with van der Waals surface area (Å²) in [5, 5.41) is 17.9. The molecule has 0 amide bonds. The van der Waals surface area contributed by atoms with Gasteiger partial charge in [-0.05, 0) is 31.2 Å². The molecule has 1 saturated heterocycles. The second-order valence-electron chi connectivity index (χ2n) is 4.34. The first kappa shape index (κ1) is 11.8. The lowest BCUT2D eigenvalue weighted by Crippen LogP contribution is -2.22. The average molecular weight is 230 g/mol. The van der Waals surface area contributed by atoms with Gasteiger partial charge in [0.1, 0.15) is 11.6 Å². The molecule has 0 spiro atoms. The van der Waals surface area contributed by atoms with E-state index in [2.05, 4.69) is 35.0 Å². The zero-order valence-electron chi connectivity index (χ0n) is 10.5. The Labute approximate surface area is 102 Å². The minimum Gasteiger partial charge on any atom is -0.354 e. The maximum absolute atomic E-state index is 9.37. The number of rotatable bonds is 3. The predicted molar refractivity (Wildman–Crippen MR) is 67.0 cm³/mol. The molecule has 0 saturated carbocycles. The second-order valence-corrected chi connectivity index (χ2v) is 4.34. The van der Waals surface area contributed by atoms with Crippen molar-refractivity contribution in [2.75, 3.05) is 18.0 Å².